The number of nitrogens with zero attached hydrogens (tertiary/aromatic N) is 3. The Morgan fingerprint density at radius 1 is 1.24 bits per heavy atom. The Morgan fingerprint density at radius 2 is 1.88 bits per heavy atom. The summed E-state index contributed by atoms with van der Waals surface area (Å²) in [6, 6.07) is 0. The number of nitrogens with two attached hydrogens (primary N) is 1. The van der Waals surface area contributed by atoms with Gasteiger partial charge in [-0.2, -0.15) is 8.62 Å². The SMILES string of the molecule is C[C@]1(Cl)C(n2cc(F)c3c(N)ncnc32)O[C@@]2(C[C@H]2OP(=O)(O)OP(=O)(O)OP(=O)(O)O)[C@H]1O. The highest BCUT2D eigenvalue weighted by Gasteiger charge is 2.75. The quantitative estimate of drug-likeness (QED) is 0.200. The predicted molar refractivity (Wildman–Crippen MR) is 108 cm³/mol. The van der Waals surface area contributed by atoms with Crippen molar-refractivity contribution < 1.29 is 60.6 Å². The number of anilines is 1. The van der Waals surface area contributed by atoms with E-state index in [0.29, 0.717) is 0 Å². The first kappa shape index (κ1) is 26.0. The molecule has 34 heavy (non-hydrogen) atoms. The zero-order chi connectivity index (χ0) is 25.5. The fourth-order valence-corrected chi connectivity index (χ4v) is 7.37. The minimum atomic E-state index is -5.74. The van der Waals surface area contributed by atoms with E-state index in [0.717, 1.165) is 17.1 Å². The Balaban J connectivity index is 1.57. The van der Waals surface area contributed by atoms with Crippen molar-refractivity contribution in [3.8, 4) is 0 Å². The van der Waals surface area contributed by atoms with E-state index in [4.69, 9.17) is 36.4 Å². The topological polar surface area (TPSA) is 246 Å². The molecular formula is C13H17ClFN4O12P3. The van der Waals surface area contributed by atoms with Gasteiger partial charge in [0.2, 0.25) is 0 Å². The van der Waals surface area contributed by atoms with Crippen LogP contribution >= 0.6 is 35.1 Å². The largest absolute Gasteiger partial charge is 0.490 e. The van der Waals surface area contributed by atoms with Crippen LogP contribution < -0.4 is 5.73 Å². The summed E-state index contributed by atoms with van der Waals surface area (Å²) in [6.07, 6.45) is -2.58. The first-order valence-electron chi connectivity index (χ1n) is 9.02. The highest BCUT2D eigenvalue weighted by molar-refractivity contribution is 7.66. The Labute approximate surface area is 193 Å². The molecule has 0 aromatic carbocycles. The van der Waals surface area contributed by atoms with E-state index in [-0.39, 0.29) is 23.3 Å². The Bertz CT molecular complexity index is 1300. The molecule has 2 aromatic heterocycles. The lowest BCUT2D eigenvalue weighted by molar-refractivity contribution is -0.0579. The molecular weight excluding hydrogens is 552 g/mol. The number of aliphatic hydroxyl groups is 1. The van der Waals surface area contributed by atoms with Gasteiger partial charge in [-0.1, -0.05) is 0 Å². The summed E-state index contributed by atoms with van der Waals surface area (Å²) in [6.45, 7) is 1.34. The van der Waals surface area contributed by atoms with Crippen LogP contribution in [0.1, 0.15) is 19.6 Å². The number of alkyl halides is 1. The summed E-state index contributed by atoms with van der Waals surface area (Å²) in [7, 11) is -16.8. The summed E-state index contributed by atoms with van der Waals surface area (Å²) < 4.78 is 67.9. The van der Waals surface area contributed by atoms with E-state index in [1.807, 2.05) is 0 Å². The molecule has 1 aliphatic carbocycles. The Hall–Kier alpha value is -1.03. The highest BCUT2D eigenvalue weighted by atomic mass is 35.5. The third-order valence-electron chi connectivity index (χ3n) is 5.22. The first-order chi connectivity index (χ1) is 15.4. The molecule has 7 atom stereocenters. The lowest BCUT2D eigenvalue weighted by Crippen LogP contribution is -2.40. The summed E-state index contributed by atoms with van der Waals surface area (Å²) in [5.74, 6) is -0.969. The Kier molecular flexibility index (Phi) is 6.12. The van der Waals surface area contributed by atoms with Crippen molar-refractivity contribution in [3.63, 3.8) is 0 Å². The fraction of sp³-hybridized carbons (Fsp3) is 0.538. The standard InChI is InChI=1S/C13H17ClFN4O12P3/c1-12(14)10(20)13(2-6(13)29-33(24,25)31-34(26,27)30-32(21,22)23)28-11(12)19-3-5(15)7-8(16)17-4-18-9(7)19/h3-4,6,10-11,20H,2H2,1H3,(H,24,25)(H,26,27)(H2,16,17,18)(H2,21,22,23)/t6-,10+,11?,12-,13-/m1/s1. The van der Waals surface area contributed by atoms with Gasteiger partial charge in [0.25, 0.3) is 0 Å². The lowest BCUT2D eigenvalue weighted by Gasteiger charge is -2.26. The third-order valence-corrected chi connectivity index (χ3v) is 9.46. The Morgan fingerprint density at radius 3 is 2.50 bits per heavy atom. The molecule has 2 aliphatic rings. The molecule has 1 spiro atoms. The van der Waals surface area contributed by atoms with Gasteiger partial charge in [-0.3, -0.25) is 4.52 Å². The number of hydrogen-bond acceptors (Lipinski definition) is 11. The van der Waals surface area contributed by atoms with Crippen LogP contribution in [0, 0.1) is 5.82 Å². The van der Waals surface area contributed by atoms with Crippen LogP contribution in [0.15, 0.2) is 12.5 Å². The monoisotopic (exact) mass is 568 g/mol. The third kappa shape index (κ3) is 4.58. The normalized spacial score (nSPS) is 34.9. The first-order valence-corrected chi connectivity index (χ1v) is 13.9. The van der Waals surface area contributed by atoms with Crippen LogP contribution in [-0.2, 0) is 31.6 Å². The van der Waals surface area contributed by atoms with E-state index in [1.54, 1.807) is 0 Å². The van der Waals surface area contributed by atoms with E-state index in [1.165, 1.54) is 6.92 Å². The van der Waals surface area contributed by atoms with Crippen molar-refractivity contribution in [2.24, 2.45) is 0 Å². The molecule has 190 valence electrons. The average Bonchev–Trinajstić information content (AvgIpc) is 3.13. The van der Waals surface area contributed by atoms with Gasteiger partial charge >= 0.3 is 23.5 Å². The molecule has 2 fully saturated rings. The van der Waals surface area contributed by atoms with Gasteiger partial charge in [-0.25, -0.2) is 28.1 Å². The zero-order valence-electron chi connectivity index (χ0n) is 16.7. The zero-order valence-corrected chi connectivity index (χ0v) is 20.1. The molecule has 1 aliphatic heterocycles. The maximum Gasteiger partial charge on any atom is 0.490 e. The predicted octanol–water partition coefficient (Wildman–Crippen LogP) is 0.894. The van der Waals surface area contributed by atoms with E-state index in [2.05, 4.69) is 18.6 Å². The maximum absolute atomic E-state index is 14.5. The number of aliphatic hydroxyl groups excluding tert-OH is 1. The second kappa shape index (κ2) is 7.98. The van der Waals surface area contributed by atoms with E-state index >= 15 is 0 Å². The fourth-order valence-electron chi connectivity index (χ4n) is 3.80. The minimum absolute atomic E-state index is 0.0174. The molecule has 4 rings (SSSR count). The average molecular weight is 569 g/mol. The number of aromatic nitrogens is 3. The molecule has 1 saturated carbocycles. The number of hydrogen-bond donors (Lipinski definition) is 6. The van der Waals surface area contributed by atoms with Gasteiger partial charge < -0.3 is 39.7 Å². The van der Waals surface area contributed by atoms with Crippen molar-refractivity contribution in [2.75, 3.05) is 5.73 Å². The maximum atomic E-state index is 14.5. The molecule has 0 amide bonds. The van der Waals surface area contributed by atoms with Crippen molar-refractivity contribution in [1.82, 2.24) is 14.5 Å². The number of phosphoric ester groups is 1. The smallest absolute Gasteiger partial charge is 0.388 e. The molecule has 16 nitrogen and oxygen atoms in total. The van der Waals surface area contributed by atoms with E-state index < -0.39 is 58.2 Å². The number of fused-ring (bicyclic) bond motifs is 1. The summed E-state index contributed by atoms with van der Waals surface area (Å²) in [4.78, 5) is 42.2. The van der Waals surface area contributed by atoms with Gasteiger partial charge in [0.15, 0.2) is 17.7 Å². The van der Waals surface area contributed by atoms with Gasteiger partial charge in [-0.05, 0) is 6.92 Å². The summed E-state index contributed by atoms with van der Waals surface area (Å²) in [5, 5.41) is 10.7. The van der Waals surface area contributed by atoms with Crippen LogP contribution in [-0.4, -0.2) is 61.9 Å². The van der Waals surface area contributed by atoms with Gasteiger partial charge in [0.05, 0.1) is 5.39 Å². The van der Waals surface area contributed by atoms with Crippen molar-refractivity contribution in [2.45, 2.75) is 42.3 Å². The minimum Gasteiger partial charge on any atom is -0.388 e. The second-order valence-corrected chi connectivity index (χ2v) is 12.9. The van der Waals surface area contributed by atoms with Crippen molar-refractivity contribution in [3.05, 3.63) is 18.3 Å². The van der Waals surface area contributed by atoms with Gasteiger partial charge in [0, 0.05) is 12.6 Å². The van der Waals surface area contributed by atoms with Gasteiger partial charge in [0.1, 0.15) is 34.8 Å². The molecule has 3 unspecified atom stereocenters. The van der Waals surface area contributed by atoms with Crippen LogP contribution in [0.5, 0.6) is 0 Å². The second-order valence-electron chi connectivity index (χ2n) is 7.71. The molecule has 0 bridgehead atoms. The van der Waals surface area contributed by atoms with Crippen LogP contribution in [0.4, 0.5) is 10.2 Å². The van der Waals surface area contributed by atoms with Crippen LogP contribution in [0.25, 0.3) is 11.0 Å². The lowest BCUT2D eigenvalue weighted by atomic mass is 9.99. The molecule has 0 radical (unpaired) electrons. The van der Waals surface area contributed by atoms with E-state index in [9.17, 15) is 33.0 Å². The number of phosphoric acid groups is 3. The molecule has 3 heterocycles. The highest BCUT2D eigenvalue weighted by Crippen LogP contribution is 2.70. The molecule has 21 heteroatoms. The summed E-state index contributed by atoms with van der Waals surface area (Å²) >= 11 is 6.51. The van der Waals surface area contributed by atoms with Crippen molar-refractivity contribution >= 4 is 51.9 Å². The van der Waals surface area contributed by atoms with Crippen LogP contribution in [0.3, 0.4) is 0 Å². The number of rotatable bonds is 7. The summed E-state index contributed by atoms with van der Waals surface area (Å²) in [5.41, 5.74) is 3.93. The van der Waals surface area contributed by atoms with Crippen LogP contribution in [0.2, 0.25) is 0 Å². The number of nitrogen functional groups attached to an aromatic ring is 1. The number of ether oxygens (including phenoxy) is 1. The van der Waals surface area contributed by atoms with Gasteiger partial charge in [-0.15, -0.1) is 11.6 Å². The molecule has 7 N–H and O–H groups in total. The van der Waals surface area contributed by atoms with Crippen molar-refractivity contribution in [1.29, 1.82) is 0 Å². The molecule has 2 aromatic rings. The molecule has 1 saturated heterocycles. The number of halogens is 2.